The van der Waals surface area contributed by atoms with Crippen molar-refractivity contribution in [1.82, 2.24) is 4.90 Å². The second kappa shape index (κ2) is 11.1. The molecule has 1 aliphatic carbocycles. The molecule has 0 aromatic heterocycles. The van der Waals surface area contributed by atoms with E-state index in [1.807, 2.05) is 4.90 Å². The number of nitrogens with zero attached hydrogens (tertiary/aromatic N) is 1. The van der Waals surface area contributed by atoms with Crippen LogP contribution in [0.2, 0.25) is 0 Å². The van der Waals surface area contributed by atoms with E-state index in [4.69, 9.17) is 15.2 Å². The van der Waals surface area contributed by atoms with E-state index >= 15 is 0 Å². The Balaban J connectivity index is 1.45. The van der Waals surface area contributed by atoms with Crippen molar-refractivity contribution >= 4 is 15.7 Å². The number of benzene rings is 1. The molecule has 1 amide bonds. The van der Waals surface area contributed by atoms with Crippen molar-refractivity contribution < 1.29 is 27.1 Å². The summed E-state index contributed by atoms with van der Waals surface area (Å²) in [6.07, 6.45) is 5.75. The van der Waals surface area contributed by atoms with Crippen LogP contribution in [0.15, 0.2) is 41.1 Å². The van der Waals surface area contributed by atoms with Crippen LogP contribution in [-0.2, 0) is 19.4 Å². The third-order valence-electron chi connectivity index (χ3n) is 5.94. The van der Waals surface area contributed by atoms with Gasteiger partial charge in [-0.3, -0.25) is 4.79 Å². The first kappa shape index (κ1) is 23.7. The second-order valence-corrected chi connectivity index (χ2v) is 10.1. The summed E-state index contributed by atoms with van der Waals surface area (Å²) in [5.41, 5.74) is 5.68. The number of likely N-dealkylation sites (tertiary alicyclic amines) is 1. The average molecular weight is 455 g/mol. The van der Waals surface area contributed by atoms with Gasteiger partial charge in [0.05, 0.1) is 17.3 Å². The van der Waals surface area contributed by atoms with E-state index in [0.29, 0.717) is 43.6 Å². The standard InChI is InChI=1S/C22H31FN2O5S/c23-13-17(14-24)15-29-19-5-7-21(8-6-19)31(27,28)16-30-20-9-11-25(12-10-20)22(26)18-3-1-2-4-18/h5-8,13,18,20H,1-4,9-12,14-16,24H2/b17-13+. The lowest BCUT2D eigenvalue weighted by atomic mass is 10.0. The Hall–Kier alpha value is -1.97. The molecule has 1 aromatic carbocycles. The van der Waals surface area contributed by atoms with Gasteiger partial charge in [-0.15, -0.1) is 0 Å². The van der Waals surface area contributed by atoms with Gasteiger partial charge in [-0.2, -0.15) is 0 Å². The molecule has 0 unspecified atom stereocenters. The molecule has 0 radical (unpaired) electrons. The topological polar surface area (TPSA) is 98.9 Å². The van der Waals surface area contributed by atoms with Gasteiger partial charge in [0, 0.05) is 31.1 Å². The summed E-state index contributed by atoms with van der Waals surface area (Å²) in [5, 5.41) is 0. The summed E-state index contributed by atoms with van der Waals surface area (Å²) < 4.78 is 48.8. The van der Waals surface area contributed by atoms with Crippen molar-refractivity contribution in [3.05, 3.63) is 36.2 Å². The number of amides is 1. The van der Waals surface area contributed by atoms with E-state index in [-0.39, 0.29) is 36.0 Å². The van der Waals surface area contributed by atoms with Gasteiger partial charge in [-0.1, -0.05) is 12.8 Å². The molecule has 0 atom stereocenters. The van der Waals surface area contributed by atoms with Gasteiger partial charge in [0.15, 0.2) is 5.94 Å². The first-order valence-electron chi connectivity index (χ1n) is 10.8. The Morgan fingerprint density at radius 2 is 1.77 bits per heavy atom. The van der Waals surface area contributed by atoms with Gasteiger partial charge in [0.25, 0.3) is 0 Å². The number of nitrogens with two attached hydrogens (primary N) is 1. The molecule has 0 spiro atoms. The predicted octanol–water partition coefficient (Wildman–Crippen LogP) is 2.81. The molecule has 172 valence electrons. The first-order chi connectivity index (χ1) is 14.9. The molecule has 2 aliphatic rings. The van der Waals surface area contributed by atoms with Crippen LogP contribution < -0.4 is 10.5 Å². The number of carbonyl (C=O) groups is 1. The molecule has 1 saturated heterocycles. The molecular weight excluding hydrogens is 423 g/mol. The summed E-state index contributed by atoms with van der Waals surface area (Å²) in [5.74, 6) is 0.425. The molecule has 1 heterocycles. The smallest absolute Gasteiger partial charge is 0.225 e. The second-order valence-electron chi connectivity index (χ2n) is 8.14. The number of rotatable bonds is 9. The minimum atomic E-state index is -3.61. The van der Waals surface area contributed by atoms with Crippen molar-refractivity contribution in [3.63, 3.8) is 0 Å². The minimum absolute atomic E-state index is 0.00412. The van der Waals surface area contributed by atoms with E-state index in [0.717, 1.165) is 25.7 Å². The Labute approximate surface area is 183 Å². The number of sulfone groups is 1. The lowest BCUT2D eigenvalue weighted by Gasteiger charge is -2.33. The normalized spacial score (nSPS) is 19.0. The highest BCUT2D eigenvalue weighted by molar-refractivity contribution is 7.91. The van der Waals surface area contributed by atoms with E-state index in [9.17, 15) is 17.6 Å². The Bertz CT molecular complexity index is 858. The van der Waals surface area contributed by atoms with Crippen molar-refractivity contribution in [2.75, 3.05) is 32.2 Å². The predicted molar refractivity (Wildman–Crippen MR) is 115 cm³/mol. The van der Waals surface area contributed by atoms with Gasteiger partial charge in [-0.25, -0.2) is 12.8 Å². The van der Waals surface area contributed by atoms with Gasteiger partial charge in [-0.05, 0) is 49.9 Å². The molecule has 1 saturated carbocycles. The van der Waals surface area contributed by atoms with E-state index in [1.165, 1.54) is 24.3 Å². The van der Waals surface area contributed by atoms with Gasteiger partial charge in [0.1, 0.15) is 12.4 Å². The average Bonchev–Trinajstić information content (AvgIpc) is 3.34. The molecule has 31 heavy (non-hydrogen) atoms. The van der Waals surface area contributed by atoms with Gasteiger partial charge >= 0.3 is 0 Å². The summed E-state index contributed by atoms with van der Waals surface area (Å²) in [4.78, 5) is 14.5. The monoisotopic (exact) mass is 454 g/mol. The van der Waals surface area contributed by atoms with Crippen LogP contribution in [0.5, 0.6) is 5.75 Å². The molecule has 1 aliphatic heterocycles. The summed E-state index contributed by atoms with van der Waals surface area (Å²) in [7, 11) is -3.61. The van der Waals surface area contributed by atoms with Crippen LogP contribution in [0, 0.1) is 5.92 Å². The Morgan fingerprint density at radius 3 is 2.35 bits per heavy atom. The highest BCUT2D eigenvalue weighted by atomic mass is 32.2. The Morgan fingerprint density at radius 1 is 1.13 bits per heavy atom. The minimum Gasteiger partial charge on any atom is -0.489 e. The van der Waals surface area contributed by atoms with Crippen LogP contribution in [0.1, 0.15) is 38.5 Å². The lowest BCUT2D eigenvalue weighted by Crippen LogP contribution is -2.43. The fraction of sp³-hybridized carbons (Fsp3) is 0.591. The third kappa shape index (κ3) is 6.51. The van der Waals surface area contributed by atoms with Gasteiger partial charge < -0.3 is 20.1 Å². The van der Waals surface area contributed by atoms with E-state index in [1.54, 1.807) is 0 Å². The molecule has 2 N–H and O–H groups in total. The summed E-state index contributed by atoms with van der Waals surface area (Å²) >= 11 is 0. The fourth-order valence-electron chi connectivity index (χ4n) is 3.98. The maximum Gasteiger partial charge on any atom is 0.225 e. The number of ether oxygens (including phenoxy) is 2. The lowest BCUT2D eigenvalue weighted by molar-refractivity contribution is -0.137. The molecule has 1 aromatic rings. The van der Waals surface area contributed by atoms with Crippen molar-refractivity contribution in [3.8, 4) is 5.75 Å². The van der Waals surface area contributed by atoms with Gasteiger partial charge in [0.2, 0.25) is 15.7 Å². The number of carbonyl (C=O) groups excluding carboxylic acids is 1. The van der Waals surface area contributed by atoms with Crippen molar-refractivity contribution in [2.24, 2.45) is 11.7 Å². The number of halogens is 1. The summed E-state index contributed by atoms with van der Waals surface area (Å²) in [6.45, 7) is 1.28. The zero-order valence-corrected chi connectivity index (χ0v) is 18.5. The first-order valence-corrected chi connectivity index (χ1v) is 12.4. The molecule has 2 fully saturated rings. The molecule has 9 heteroatoms. The third-order valence-corrected chi connectivity index (χ3v) is 7.38. The zero-order chi connectivity index (χ0) is 22.3. The SMILES string of the molecule is NC/C(=C\F)COc1ccc(S(=O)(=O)COC2CCN(C(=O)C3CCCC3)CC2)cc1. The number of hydrogen-bond acceptors (Lipinski definition) is 6. The largest absolute Gasteiger partial charge is 0.489 e. The van der Waals surface area contributed by atoms with E-state index in [2.05, 4.69) is 0 Å². The van der Waals surface area contributed by atoms with Crippen molar-refractivity contribution in [1.29, 1.82) is 0 Å². The number of hydrogen-bond donors (Lipinski definition) is 1. The van der Waals surface area contributed by atoms with Crippen molar-refractivity contribution in [2.45, 2.75) is 49.5 Å². The maximum absolute atomic E-state index is 12.6. The van der Waals surface area contributed by atoms with Crippen LogP contribution in [0.3, 0.4) is 0 Å². The molecule has 7 nitrogen and oxygen atoms in total. The zero-order valence-electron chi connectivity index (χ0n) is 17.7. The van der Waals surface area contributed by atoms with Crippen LogP contribution in [0.4, 0.5) is 4.39 Å². The van der Waals surface area contributed by atoms with E-state index < -0.39 is 15.8 Å². The Kier molecular flexibility index (Phi) is 8.45. The highest BCUT2D eigenvalue weighted by Gasteiger charge is 2.30. The molecule has 0 bridgehead atoms. The highest BCUT2D eigenvalue weighted by Crippen LogP contribution is 2.28. The fourth-order valence-corrected chi connectivity index (χ4v) is 5.04. The summed E-state index contributed by atoms with van der Waals surface area (Å²) in [6, 6.07) is 5.93. The van der Waals surface area contributed by atoms with Crippen LogP contribution in [-0.4, -0.2) is 57.5 Å². The number of piperidine rings is 1. The maximum atomic E-state index is 12.6. The molecule has 3 rings (SSSR count). The molecular formula is C22H31FN2O5S. The van der Waals surface area contributed by atoms with Crippen LogP contribution in [0.25, 0.3) is 0 Å². The quantitative estimate of drug-likeness (QED) is 0.616. The van der Waals surface area contributed by atoms with Crippen LogP contribution >= 0.6 is 0 Å².